The van der Waals surface area contributed by atoms with Gasteiger partial charge in [-0.05, 0) is 24.3 Å². The monoisotopic (exact) mass is 268 g/mol. The molecule has 2 aromatic heterocycles. The Morgan fingerprint density at radius 1 is 1.00 bits per heavy atom. The van der Waals surface area contributed by atoms with Crippen molar-refractivity contribution in [2.75, 3.05) is 6.26 Å². The summed E-state index contributed by atoms with van der Waals surface area (Å²) in [5.41, 5.74) is 1.63. The molecule has 0 aliphatic heterocycles. The normalized spacial score (nSPS) is 11.4. The number of rotatable bonds is 2. The molecule has 0 aliphatic rings. The van der Waals surface area contributed by atoms with E-state index in [9.17, 15) is 8.42 Å². The smallest absolute Gasteiger partial charge is 0.192 e. The zero-order valence-electron chi connectivity index (χ0n) is 8.96. The highest BCUT2D eigenvalue weighted by Crippen LogP contribution is 2.19. The topological polar surface area (TPSA) is 59.9 Å². The molecular weight excluding hydrogens is 260 g/mol. The van der Waals surface area contributed by atoms with Gasteiger partial charge in [0, 0.05) is 29.8 Å². The van der Waals surface area contributed by atoms with Gasteiger partial charge in [0.2, 0.25) is 0 Å². The largest absolute Gasteiger partial charge is 0.244 e. The van der Waals surface area contributed by atoms with Gasteiger partial charge in [0.05, 0.1) is 0 Å². The molecule has 0 aromatic carbocycles. The maximum atomic E-state index is 11.2. The first kappa shape index (κ1) is 12.0. The number of pyridine rings is 2. The number of aromatic nitrogens is 2. The number of sulfone groups is 1. The Morgan fingerprint density at radius 2 is 1.59 bits per heavy atom. The lowest BCUT2D eigenvalue weighted by atomic mass is 10.1. The van der Waals surface area contributed by atoms with Crippen molar-refractivity contribution in [1.82, 2.24) is 9.97 Å². The number of halogens is 1. The Labute approximate surface area is 104 Å². The van der Waals surface area contributed by atoms with Gasteiger partial charge >= 0.3 is 0 Å². The summed E-state index contributed by atoms with van der Waals surface area (Å²) >= 11 is 5.68. The van der Waals surface area contributed by atoms with E-state index in [1.165, 1.54) is 12.3 Å². The molecule has 2 rings (SSSR count). The van der Waals surface area contributed by atoms with E-state index in [0.717, 1.165) is 17.4 Å². The molecule has 0 spiro atoms. The van der Waals surface area contributed by atoms with Gasteiger partial charge in [-0.25, -0.2) is 18.4 Å². The summed E-state index contributed by atoms with van der Waals surface area (Å²) in [5, 5.41) is 0.470. The van der Waals surface area contributed by atoms with Gasteiger partial charge in [-0.3, -0.25) is 0 Å². The second-order valence-electron chi connectivity index (χ2n) is 3.53. The molecule has 0 bridgehead atoms. The van der Waals surface area contributed by atoms with E-state index in [0.29, 0.717) is 5.15 Å². The van der Waals surface area contributed by atoms with E-state index in [-0.39, 0.29) is 5.03 Å². The molecule has 0 amide bonds. The summed E-state index contributed by atoms with van der Waals surface area (Å²) in [7, 11) is -3.26. The van der Waals surface area contributed by atoms with Crippen molar-refractivity contribution in [3.05, 3.63) is 41.8 Å². The molecule has 17 heavy (non-hydrogen) atoms. The molecule has 0 fully saturated rings. The van der Waals surface area contributed by atoms with Crippen molar-refractivity contribution < 1.29 is 8.42 Å². The van der Waals surface area contributed by atoms with Crippen molar-refractivity contribution in [2.24, 2.45) is 0 Å². The summed E-state index contributed by atoms with van der Waals surface area (Å²) in [4.78, 5) is 7.85. The van der Waals surface area contributed by atoms with Crippen molar-refractivity contribution in [1.29, 1.82) is 0 Å². The predicted molar refractivity (Wildman–Crippen MR) is 65.6 cm³/mol. The Morgan fingerprint density at radius 3 is 2.00 bits per heavy atom. The van der Waals surface area contributed by atoms with E-state index in [2.05, 4.69) is 9.97 Å². The number of nitrogens with zero attached hydrogens (tertiary/aromatic N) is 2. The first-order valence-corrected chi connectivity index (χ1v) is 7.02. The third-order valence-electron chi connectivity index (χ3n) is 2.18. The van der Waals surface area contributed by atoms with Crippen LogP contribution in [0.2, 0.25) is 5.15 Å². The number of hydrogen-bond donors (Lipinski definition) is 0. The van der Waals surface area contributed by atoms with E-state index in [4.69, 9.17) is 11.6 Å². The molecule has 0 unspecified atom stereocenters. The fourth-order valence-electron chi connectivity index (χ4n) is 1.32. The minimum absolute atomic E-state index is 0.0585. The lowest BCUT2D eigenvalue weighted by Crippen LogP contribution is -1.99. The highest BCUT2D eigenvalue weighted by Gasteiger charge is 2.08. The minimum atomic E-state index is -3.26. The van der Waals surface area contributed by atoms with Gasteiger partial charge in [-0.15, -0.1) is 0 Å². The lowest BCUT2D eigenvalue weighted by Gasteiger charge is -2.02. The lowest BCUT2D eigenvalue weighted by molar-refractivity contribution is 0.598. The first-order chi connectivity index (χ1) is 7.97. The Hall–Kier alpha value is -1.46. The van der Waals surface area contributed by atoms with Gasteiger partial charge in [-0.2, -0.15) is 0 Å². The molecule has 0 N–H and O–H groups in total. The van der Waals surface area contributed by atoms with Gasteiger partial charge in [-0.1, -0.05) is 11.6 Å². The highest BCUT2D eigenvalue weighted by molar-refractivity contribution is 7.90. The first-order valence-electron chi connectivity index (χ1n) is 4.75. The zero-order chi connectivity index (χ0) is 12.5. The quantitative estimate of drug-likeness (QED) is 0.784. The van der Waals surface area contributed by atoms with E-state index in [1.54, 1.807) is 24.4 Å². The van der Waals surface area contributed by atoms with Crippen LogP contribution in [-0.2, 0) is 9.84 Å². The Bertz CT molecular complexity index is 622. The van der Waals surface area contributed by atoms with Crippen LogP contribution in [-0.4, -0.2) is 24.6 Å². The fraction of sp³-hybridized carbons (Fsp3) is 0.0909. The van der Waals surface area contributed by atoms with Crippen molar-refractivity contribution in [3.63, 3.8) is 0 Å². The standard InChI is InChI=1S/C11H9ClN2O2S/c1-17(15,16)11-5-3-9(7-14-11)8-2-4-10(12)13-6-8/h2-7H,1H3. The molecule has 4 nitrogen and oxygen atoms in total. The van der Waals surface area contributed by atoms with Gasteiger partial charge < -0.3 is 0 Å². The minimum Gasteiger partial charge on any atom is -0.244 e. The maximum Gasteiger partial charge on any atom is 0.192 e. The van der Waals surface area contributed by atoms with Crippen LogP contribution in [0.4, 0.5) is 0 Å². The fourth-order valence-corrected chi connectivity index (χ4v) is 1.99. The van der Waals surface area contributed by atoms with Crippen molar-refractivity contribution in [2.45, 2.75) is 5.03 Å². The SMILES string of the molecule is CS(=O)(=O)c1ccc(-c2ccc(Cl)nc2)cn1. The van der Waals surface area contributed by atoms with Gasteiger partial charge in [0.25, 0.3) is 0 Å². The molecule has 0 aliphatic carbocycles. The molecule has 0 radical (unpaired) electrons. The summed E-state index contributed by atoms with van der Waals surface area (Å²) < 4.78 is 22.5. The molecule has 0 atom stereocenters. The summed E-state index contributed by atoms with van der Waals surface area (Å²) in [6.45, 7) is 0. The molecule has 6 heteroatoms. The van der Waals surface area contributed by atoms with Crippen LogP contribution in [0.1, 0.15) is 0 Å². The van der Waals surface area contributed by atoms with Crippen molar-refractivity contribution in [3.8, 4) is 11.1 Å². The molecule has 88 valence electrons. The van der Waals surface area contributed by atoms with Crippen LogP contribution >= 0.6 is 11.6 Å². The van der Waals surface area contributed by atoms with Crippen molar-refractivity contribution >= 4 is 21.4 Å². The van der Waals surface area contributed by atoms with E-state index >= 15 is 0 Å². The predicted octanol–water partition coefficient (Wildman–Crippen LogP) is 2.20. The van der Waals surface area contributed by atoms with Crippen LogP contribution in [0, 0.1) is 0 Å². The summed E-state index contributed by atoms with van der Waals surface area (Å²) in [6, 6.07) is 6.63. The Balaban J connectivity index is 2.39. The second-order valence-corrected chi connectivity index (χ2v) is 5.88. The average molecular weight is 269 g/mol. The molecule has 0 saturated carbocycles. The van der Waals surface area contributed by atoms with E-state index in [1.807, 2.05) is 0 Å². The molecule has 2 aromatic rings. The summed E-state index contributed by atoms with van der Waals surface area (Å²) in [6.07, 6.45) is 4.24. The third kappa shape index (κ3) is 2.81. The average Bonchev–Trinajstić information content (AvgIpc) is 2.29. The maximum absolute atomic E-state index is 11.2. The Kier molecular flexibility index (Phi) is 3.13. The van der Waals surface area contributed by atoms with Crippen LogP contribution in [0.15, 0.2) is 41.7 Å². The summed E-state index contributed by atoms with van der Waals surface area (Å²) in [5.74, 6) is 0. The van der Waals surface area contributed by atoms with Crippen LogP contribution in [0.25, 0.3) is 11.1 Å². The second kappa shape index (κ2) is 4.43. The van der Waals surface area contributed by atoms with E-state index < -0.39 is 9.84 Å². The van der Waals surface area contributed by atoms with Gasteiger partial charge in [0.1, 0.15) is 5.15 Å². The third-order valence-corrected chi connectivity index (χ3v) is 3.40. The van der Waals surface area contributed by atoms with Crippen LogP contribution in [0.3, 0.4) is 0 Å². The zero-order valence-corrected chi connectivity index (χ0v) is 10.5. The molecular formula is C11H9ClN2O2S. The molecule has 2 heterocycles. The van der Waals surface area contributed by atoms with Crippen LogP contribution < -0.4 is 0 Å². The van der Waals surface area contributed by atoms with Gasteiger partial charge in [0.15, 0.2) is 14.9 Å². The highest BCUT2D eigenvalue weighted by atomic mass is 35.5. The number of hydrogen-bond acceptors (Lipinski definition) is 4. The van der Waals surface area contributed by atoms with Crippen LogP contribution in [0.5, 0.6) is 0 Å². The molecule has 0 saturated heterocycles.